The van der Waals surface area contributed by atoms with Crippen molar-refractivity contribution in [3.8, 4) is 0 Å². The first-order chi connectivity index (χ1) is 11.2. The summed E-state index contributed by atoms with van der Waals surface area (Å²) in [6.45, 7) is 3.88. The summed E-state index contributed by atoms with van der Waals surface area (Å²) >= 11 is 1.10. The fourth-order valence-corrected chi connectivity index (χ4v) is 3.58. The van der Waals surface area contributed by atoms with Crippen molar-refractivity contribution < 1.29 is 13.2 Å². The maximum atomic E-state index is 12.1. The number of carbonyl (C=O) groups is 1. The van der Waals surface area contributed by atoms with E-state index in [1.165, 1.54) is 12.1 Å². The van der Waals surface area contributed by atoms with Gasteiger partial charge in [-0.25, -0.2) is 13.6 Å². The van der Waals surface area contributed by atoms with Crippen LogP contribution < -0.4 is 15.3 Å². The van der Waals surface area contributed by atoms with Crippen molar-refractivity contribution in [2.45, 2.75) is 37.8 Å². The molecule has 0 aliphatic rings. The molecule has 0 spiro atoms. The molecule has 1 heterocycles. The van der Waals surface area contributed by atoms with Gasteiger partial charge >= 0.3 is 4.87 Å². The molecule has 0 bridgehead atoms. The van der Waals surface area contributed by atoms with Crippen LogP contribution in [-0.4, -0.2) is 18.9 Å². The molecule has 1 amide bonds. The molecule has 0 aliphatic heterocycles. The van der Waals surface area contributed by atoms with Crippen LogP contribution in [0.2, 0.25) is 0 Å². The molecule has 1 aromatic heterocycles. The molecule has 3 N–H and O–H groups in total. The van der Waals surface area contributed by atoms with E-state index in [-0.39, 0.29) is 28.1 Å². The Morgan fingerprint density at radius 2 is 2.12 bits per heavy atom. The minimum atomic E-state index is -3.79. The second-order valence-electron chi connectivity index (χ2n) is 5.45. The predicted molar refractivity (Wildman–Crippen MR) is 92.3 cm³/mol. The highest BCUT2D eigenvalue weighted by Crippen LogP contribution is 2.16. The number of hydrogen-bond acceptors (Lipinski definition) is 5. The number of rotatable bonds is 6. The van der Waals surface area contributed by atoms with Gasteiger partial charge in [-0.1, -0.05) is 23.5 Å². The highest BCUT2D eigenvalue weighted by atomic mass is 32.2. The lowest BCUT2D eigenvalue weighted by Gasteiger charge is -2.15. The van der Waals surface area contributed by atoms with Crippen molar-refractivity contribution in [3.63, 3.8) is 0 Å². The zero-order valence-electron chi connectivity index (χ0n) is 13.4. The number of nitrogens with one attached hydrogen (secondary N) is 1. The number of primary sulfonamides is 1. The van der Waals surface area contributed by atoms with Gasteiger partial charge in [-0.15, -0.1) is 0 Å². The Morgan fingerprint density at radius 1 is 1.42 bits per heavy atom. The Labute approximate surface area is 144 Å². The number of benzene rings is 1. The van der Waals surface area contributed by atoms with Crippen molar-refractivity contribution in [1.29, 1.82) is 0 Å². The van der Waals surface area contributed by atoms with E-state index in [1.54, 1.807) is 29.0 Å². The smallest absolute Gasteiger partial charge is 0.307 e. The monoisotopic (exact) mass is 369 g/mol. The van der Waals surface area contributed by atoms with Gasteiger partial charge in [0.25, 0.3) is 0 Å². The molecule has 7 nitrogen and oxygen atoms in total. The summed E-state index contributed by atoms with van der Waals surface area (Å²) in [4.78, 5) is 23.6. The van der Waals surface area contributed by atoms with Gasteiger partial charge in [0.05, 0.1) is 10.9 Å². The minimum absolute atomic E-state index is 0.00143. The number of amides is 1. The molecule has 130 valence electrons. The first-order valence-electron chi connectivity index (χ1n) is 7.25. The first-order valence-corrected chi connectivity index (χ1v) is 9.68. The Balaban J connectivity index is 2.00. The molecule has 2 aromatic rings. The molecule has 24 heavy (non-hydrogen) atoms. The summed E-state index contributed by atoms with van der Waals surface area (Å²) in [5.41, 5.74) is 1.46. The molecule has 1 unspecified atom stereocenters. The van der Waals surface area contributed by atoms with Crippen molar-refractivity contribution in [2.75, 3.05) is 0 Å². The second kappa shape index (κ2) is 7.29. The predicted octanol–water partition coefficient (Wildman–Crippen LogP) is 1.13. The molecular weight excluding hydrogens is 350 g/mol. The Hall–Kier alpha value is -1.97. The minimum Gasteiger partial charge on any atom is -0.350 e. The largest absolute Gasteiger partial charge is 0.350 e. The van der Waals surface area contributed by atoms with Gasteiger partial charge in [-0.3, -0.25) is 9.59 Å². The molecule has 0 saturated heterocycles. The van der Waals surface area contributed by atoms with Gasteiger partial charge in [0.15, 0.2) is 0 Å². The summed E-state index contributed by atoms with van der Waals surface area (Å²) in [7, 11) is -3.79. The third kappa shape index (κ3) is 4.53. The van der Waals surface area contributed by atoms with Crippen LogP contribution in [0.15, 0.2) is 39.3 Å². The van der Waals surface area contributed by atoms with Crippen molar-refractivity contribution in [1.82, 2.24) is 9.88 Å². The number of carbonyl (C=O) groups excluding carboxylic acids is 1. The van der Waals surface area contributed by atoms with E-state index in [9.17, 15) is 18.0 Å². The first kappa shape index (κ1) is 18.4. The summed E-state index contributed by atoms with van der Waals surface area (Å²) in [6, 6.07) is 5.76. The van der Waals surface area contributed by atoms with Crippen molar-refractivity contribution in [3.05, 3.63) is 50.6 Å². The molecule has 9 heteroatoms. The zero-order valence-corrected chi connectivity index (χ0v) is 15.0. The van der Waals surface area contributed by atoms with E-state index < -0.39 is 10.0 Å². The lowest BCUT2D eigenvalue weighted by atomic mass is 10.1. The summed E-state index contributed by atoms with van der Waals surface area (Å²) < 4.78 is 24.3. The Morgan fingerprint density at radius 3 is 2.71 bits per heavy atom. The van der Waals surface area contributed by atoms with Gasteiger partial charge in [-0.05, 0) is 31.5 Å². The average Bonchev–Trinajstić information content (AvgIpc) is 2.83. The fraction of sp³-hybridized carbons (Fsp3) is 0.333. The lowest BCUT2D eigenvalue weighted by Crippen LogP contribution is -2.29. The molecule has 1 aromatic carbocycles. The lowest BCUT2D eigenvalue weighted by molar-refractivity contribution is -0.121. The van der Waals surface area contributed by atoms with Crippen LogP contribution in [0.3, 0.4) is 0 Å². The van der Waals surface area contributed by atoms with Crippen LogP contribution >= 0.6 is 11.3 Å². The molecule has 0 fully saturated rings. The zero-order chi connectivity index (χ0) is 17.9. The van der Waals surface area contributed by atoms with Crippen LogP contribution in [-0.2, 0) is 21.4 Å². The highest BCUT2D eigenvalue weighted by Gasteiger charge is 2.14. The molecular formula is C15H19N3O4S2. The molecule has 0 radical (unpaired) electrons. The van der Waals surface area contributed by atoms with Crippen LogP contribution in [0.1, 0.15) is 30.6 Å². The maximum Gasteiger partial charge on any atom is 0.307 e. The van der Waals surface area contributed by atoms with Crippen LogP contribution in [0, 0.1) is 6.92 Å². The molecule has 0 saturated carbocycles. The van der Waals surface area contributed by atoms with E-state index in [0.29, 0.717) is 12.1 Å². The van der Waals surface area contributed by atoms with Crippen molar-refractivity contribution >= 4 is 27.3 Å². The number of thiazole rings is 1. The molecule has 1 atom stereocenters. The van der Waals surface area contributed by atoms with E-state index in [2.05, 4.69) is 5.32 Å². The summed E-state index contributed by atoms with van der Waals surface area (Å²) in [6.07, 6.45) is 0.163. The second-order valence-corrected chi connectivity index (χ2v) is 7.83. The highest BCUT2D eigenvalue weighted by molar-refractivity contribution is 7.89. The SMILES string of the molecule is Cc1csc(=O)n1CCC(=O)NC(C)c1cccc(S(N)(=O)=O)c1. The standard InChI is InChI=1S/C15H19N3O4S2/c1-10-9-23-15(20)18(10)7-6-14(19)17-11(2)12-4-3-5-13(8-12)24(16,21)22/h3-5,8-9,11H,6-7H2,1-2H3,(H,17,19)(H2,16,21,22). The van der Waals surface area contributed by atoms with Gasteiger partial charge in [0, 0.05) is 24.0 Å². The fourth-order valence-electron chi connectivity index (χ4n) is 2.25. The number of aryl methyl sites for hydroxylation is 1. The average molecular weight is 369 g/mol. The van der Waals surface area contributed by atoms with Crippen LogP contribution in [0.4, 0.5) is 0 Å². The Kier molecular flexibility index (Phi) is 5.58. The topological polar surface area (TPSA) is 111 Å². The van der Waals surface area contributed by atoms with Gasteiger partial charge in [0.2, 0.25) is 15.9 Å². The van der Waals surface area contributed by atoms with Gasteiger partial charge in [0.1, 0.15) is 0 Å². The molecule has 2 rings (SSSR count). The Bertz CT molecular complexity index is 899. The normalized spacial score (nSPS) is 12.8. The number of nitrogens with two attached hydrogens (primary N) is 1. The van der Waals surface area contributed by atoms with Gasteiger partial charge in [-0.2, -0.15) is 0 Å². The quantitative estimate of drug-likeness (QED) is 0.795. The van der Waals surface area contributed by atoms with E-state index >= 15 is 0 Å². The third-order valence-corrected chi connectivity index (χ3v) is 5.40. The number of nitrogens with zero attached hydrogens (tertiary/aromatic N) is 1. The number of hydrogen-bond donors (Lipinski definition) is 2. The van der Waals surface area contributed by atoms with Gasteiger partial charge < -0.3 is 9.88 Å². The number of sulfonamides is 1. The van der Waals surface area contributed by atoms with E-state index in [4.69, 9.17) is 5.14 Å². The summed E-state index contributed by atoms with van der Waals surface area (Å²) in [5.74, 6) is -0.221. The maximum absolute atomic E-state index is 12.1. The number of aromatic nitrogens is 1. The van der Waals surface area contributed by atoms with E-state index in [0.717, 1.165) is 17.0 Å². The summed E-state index contributed by atoms with van der Waals surface area (Å²) in [5, 5.41) is 9.65. The van der Waals surface area contributed by atoms with Crippen LogP contribution in [0.5, 0.6) is 0 Å². The third-order valence-electron chi connectivity index (χ3n) is 3.60. The van der Waals surface area contributed by atoms with E-state index in [1.807, 2.05) is 6.92 Å². The van der Waals surface area contributed by atoms with Crippen molar-refractivity contribution in [2.24, 2.45) is 5.14 Å². The molecule has 0 aliphatic carbocycles. The van der Waals surface area contributed by atoms with Crippen LogP contribution in [0.25, 0.3) is 0 Å².